The monoisotopic (exact) mass is 166 g/mol. The van der Waals surface area contributed by atoms with Gasteiger partial charge in [0, 0.05) is 0 Å². The molecule has 0 saturated heterocycles. The molecule has 0 aromatic rings. The second kappa shape index (κ2) is 1.92. The van der Waals surface area contributed by atoms with Gasteiger partial charge in [-0.1, -0.05) is 0 Å². The zero-order valence-electron chi connectivity index (χ0n) is 4.23. The zero-order chi connectivity index (χ0) is 6.08. The Hall–Kier alpha value is 0.110. The fourth-order valence-corrected chi connectivity index (χ4v) is 0. The van der Waals surface area contributed by atoms with E-state index in [2.05, 4.69) is 15.9 Å². The van der Waals surface area contributed by atoms with Crippen molar-refractivity contribution < 1.29 is 9.90 Å². The summed E-state index contributed by atoms with van der Waals surface area (Å²) in [6, 6.07) is 0. The zero-order valence-corrected chi connectivity index (χ0v) is 5.82. The highest BCUT2D eigenvalue weighted by molar-refractivity contribution is 9.18. The summed E-state index contributed by atoms with van der Waals surface area (Å²) >= 11 is 2.61. The highest BCUT2D eigenvalue weighted by Gasteiger charge is 2.19. The van der Waals surface area contributed by atoms with Crippen molar-refractivity contribution in [3.8, 4) is 0 Å². The highest BCUT2D eigenvalue weighted by Crippen LogP contribution is 2.06. The van der Waals surface area contributed by atoms with Crippen molar-refractivity contribution in [1.29, 1.82) is 0 Å². The van der Waals surface area contributed by atoms with E-state index in [1.807, 2.05) is 0 Å². The summed E-state index contributed by atoms with van der Waals surface area (Å²) in [6.07, 6.45) is 0. The molecule has 0 radical (unpaired) electrons. The van der Waals surface area contributed by atoms with Crippen molar-refractivity contribution >= 4 is 20.6 Å². The lowest BCUT2D eigenvalue weighted by atomic mass is 10.2. The maximum Gasteiger partial charge on any atom is 0.228 e. The van der Waals surface area contributed by atoms with Gasteiger partial charge in [0.1, 0.15) is 5.60 Å². The molecular formula is C4H7BrO2. The summed E-state index contributed by atoms with van der Waals surface area (Å²) in [5, 5.41) is 8.70. The molecule has 0 amide bonds. The Morgan fingerprint density at radius 2 is 1.86 bits per heavy atom. The summed E-state index contributed by atoms with van der Waals surface area (Å²) in [6.45, 7) is 2.84. The fraction of sp³-hybridized carbons (Fsp3) is 0.750. The molecule has 3 heteroatoms. The smallest absolute Gasteiger partial charge is 0.228 e. The van der Waals surface area contributed by atoms with Crippen molar-refractivity contribution in [2.24, 2.45) is 0 Å². The molecule has 0 saturated carbocycles. The van der Waals surface area contributed by atoms with Crippen molar-refractivity contribution in [2.45, 2.75) is 19.4 Å². The Bertz CT molecular complexity index is 82.2. The van der Waals surface area contributed by atoms with Gasteiger partial charge in [-0.2, -0.15) is 0 Å². The van der Waals surface area contributed by atoms with Gasteiger partial charge in [-0.15, -0.1) is 0 Å². The molecule has 0 unspecified atom stereocenters. The summed E-state index contributed by atoms with van der Waals surface area (Å²) in [4.78, 5) is 10.1. The molecule has 2 nitrogen and oxygen atoms in total. The Morgan fingerprint density at radius 1 is 1.71 bits per heavy atom. The third-order valence-electron chi connectivity index (χ3n) is 0.481. The number of carbonyl (C=O) groups excluding carboxylic acids is 1. The molecule has 0 aromatic carbocycles. The number of rotatable bonds is 1. The van der Waals surface area contributed by atoms with Crippen molar-refractivity contribution in [1.82, 2.24) is 0 Å². The molecule has 0 aliphatic carbocycles. The topological polar surface area (TPSA) is 37.3 Å². The van der Waals surface area contributed by atoms with Crippen LogP contribution in [0.4, 0.5) is 0 Å². The second-order valence-electron chi connectivity index (χ2n) is 1.83. The SMILES string of the molecule is CC(C)(O)C(=O)Br. The van der Waals surface area contributed by atoms with E-state index >= 15 is 0 Å². The number of hydrogen-bond donors (Lipinski definition) is 1. The van der Waals surface area contributed by atoms with Gasteiger partial charge in [-0.25, -0.2) is 0 Å². The first kappa shape index (κ1) is 7.11. The van der Waals surface area contributed by atoms with E-state index in [9.17, 15) is 4.79 Å². The average molecular weight is 167 g/mol. The number of hydrogen-bond acceptors (Lipinski definition) is 2. The van der Waals surface area contributed by atoms with Gasteiger partial charge < -0.3 is 5.11 Å². The second-order valence-corrected chi connectivity index (χ2v) is 2.55. The normalized spacial score (nSPS) is 11.4. The first-order valence-electron chi connectivity index (χ1n) is 1.87. The quantitative estimate of drug-likeness (QED) is 0.583. The van der Waals surface area contributed by atoms with Crippen LogP contribution < -0.4 is 0 Å². The average Bonchev–Trinajstić information content (AvgIpc) is 1.31. The molecule has 7 heavy (non-hydrogen) atoms. The molecule has 0 spiro atoms. The molecule has 0 rings (SSSR count). The molecule has 1 N–H and O–H groups in total. The highest BCUT2D eigenvalue weighted by atomic mass is 79.9. The van der Waals surface area contributed by atoms with Gasteiger partial charge in [-0.05, 0) is 29.8 Å². The molecule has 0 atom stereocenters. The van der Waals surface area contributed by atoms with Crippen LogP contribution in [0.15, 0.2) is 0 Å². The lowest BCUT2D eigenvalue weighted by Crippen LogP contribution is -2.25. The molecular weight excluding hydrogens is 160 g/mol. The van der Waals surface area contributed by atoms with Crippen LogP contribution in [0.2, 0.25) is 0 Å². The summed E-state index contributed by atoms with van der Waals surface area (Å²) in [5.74, 6) is 0. The summed E-state index contributed by atoms with van der Waals surface area (Å²) < 4.78 is -0.389. The van der Waals surface area contributed by atoms with Crippen LogP contribution in [-0.2, 0) is 4.79 Å². The Labute approximate surface area is 50.7 Å². The van der Waals surface area contributed by atoms with Crippen molar-refractivity contribution in [3.63, 3.8) is 0 Å². The predicted molar refractivity (Wildman–Crippen MR) is 30.2 cm³/mol. The van der Waals surface area contributed by atoms with E-state index in [0.717, 1.165) is 0 Å². The lowest BCUT2D eigenvalue weighted by molar-refractivity contribution is -0.123. The van der Waals surface area contributed by atoms with Gasteiger partial charge in [0.15, 0.2) is 0 Å². The van der Waals surface area contributed by atoms with Gasteiger partial charge in [0.2, 0.25) is 4.69 Å². The molecule has 0 aliphatic heterocycles. The standard InChI is InChI=1S/C4H7BrO2/c1-4(2,7)3(5)6/h7H,1-2H3. The molecule has 42 valence electrons. The number of carbonyl (C=O) groups is 1. The maximum absolute atomic E-state index is 10.1. The van der Waals surface area contributed by atoms with E-state index < -0.39 is 5.60 Å². The van der Waals surface area contributed by atoms with Gasteiger partial charge >= 0.3 is 0 Å². The molecule has 0 aromatic heterocycles. The Kier molecular flexibility index (Phi) is 1.95. The first-order chi connectivity index (χ1) is 2.94. The van der Waals surface area contributed by atoms with Gasteiger partial charge in [0.25, 0.3) is 0 Å². The van der Waals surface area contributed by atoms with Crippen molar-refractivity contribution in [2.75, 3.05) is 0 Å². The van der Waals surface area contributed by atoms with E-state index in [-0.39, 0.29) is 4.69 Å². The molecule has 0 aliphatic rings. The van der Waals surface area contributed by atoms with Crippen LogP contribution >= 0.6 is 15.9 Å². The van der Waals surface area contributed by atoms with E-state index in [0.29, 0.717) is 0 Å². The van der Waals surface area contributed by atoms with E-state index in [1.54, 1.807) is 0 Å². The van der Waals surface area contributed by atoms with Crippen molar-refractivity contribution in [3.05, 3.63) is 0 Å². The van der Waals surface area contributed by atoms with Crippen LogP contribution in [0.1, 0.15) is 13.8 Å². The third-order valence-corrected chi connectivity index (χ3v) is 1.45. The predicted octanol–water partition coefficient (Wildman–Crippen LogP) is 0.679. The van der Waals surface area contributed by atoms with Crippen LogP contribution in [0.5, 0.6) is 0 Å². The van der Waals surface area contributed by atoms with E-state index in [1.165, 1.54) is 13.8 Å². The molecule has 0 bridgehead atoms. The Morgan fingerprint density at radius 3 is 1.86 bits per heavy atom. The number of aliphatic hydroxyl groups is 1. The number of halogens is 1. The minimum atomic E-state index is -1.22. The lowest BCUT2D eigenvalue weighted by Gasteiger charge is -2.08. The molecule has 0 heterocycles. The van der Waals surface area contributed by atoms with Crippen LogP contribution in [0.3, 0.4) is 0 Å². The van der Waals surface area contributed by atoms with Crippen LogP contribution in [0.25, 0.3) is 0 Å². The van der Waals surface area contributed by atoms with Gasteiger partial charge in [-0.3, -0.25) is 4.79 Å². The fourth-order valence-electron chi connectivity index (χ4n) is 0. The minimum absolute atomic E-state index is 0.389. The molecule has 0 fully saturated rings. The minimum Gasteiger partial charge on any atom is -0.382 e. The van der Waals surface area contributed by atoms with Crippen LogP contribution in [0, 0.1) is 0 Å². The van der Waals surface area contributed by atoms with Gasteiger partial charge in [0.05, 0.1) is 0 Å². The van der Waals surface area contributed by atoms with Crippen LogP contribution in [-0.4, -0.2) is 15.4 Å². The third kappa shape index (κ3) is 2.76. The Balaban J connectivity index is 3.79. The summed E-state index contributed by atoms with van der Waals surface area (Å²) in [5.41, 5.74) is -1.22. The maximum atomic E-state index is 10.1. The first-order valence-corrected chi connectivity index (χ1v) is 2.66. The van der Waals surface area contributed by atoms with E-state index in [4.69, 9.17) is 5.11 Å². The summed E-state index contributed by atoms with van der Waals surface area (Å²) in [7, 11) is 0. The largest absolute Gasteiger partial charge is 0.382 e.